The van der Waals surface area contributed by atoms with Gasteiger partial charge in [0.05, 0.1) is 32.9 Å². The van der Waals surface area contributed by atoms with Crippen LogP contribution in [-0.4, -0.2) is 53.3 Å². The summed E-state index contributed by atoms with van der Waals surface area (Å²) in [7, 11) is 4.40. The van der Waals surface area contributed by atoms with Crippen LogP contribution in [0.5, 0.6) is 17.2 Å². The van der Waals surface area contributed by atoms with Crippen LogP contribution < -0.4 is 19.1 Å². The van der Waals surface area contributed by atoms with E-state index in [0.717, 1.165) is 16.9 Å². The number of nitrogens with zero attached hydrogens (tertiary/aromatic N) is 4. The largest absolute Gasteiger partial charge is 0.507 e. The lowest BCUT2D eigenvalue weighted by atomic mass is 9.95. The van der Waals surface area contributed by atoms with Crippen molar-refractivity contribution in [3.05, 3.63) is 88.2 Å². The van der Waals surface area contributed by atoms with E-state index in [0.29, 0.717) is 43.5 Å². The van der Waals surface area contributed by atoms with Crippen molar-refractivity contribution in [2.75, 3.05) is 26.2 Å². The zero-order chi connectivity index (χ0) is 29.1. The number of rotatable bonds is 9. The minimum Gasteiger partial charge on any atom is -0.507 e. The van der Waals surface area contributed by atoms with E-state index in [-0.39, 0.29) is 16.5 Å². The van der Waals surface area contributed by atoms with Crippen LogP contribution in [0.2, 0.25) is 5.02 Å². The number of thioether (sulfide) groups is 1. The molecule has 3 heterocycles. The Bertz CT molecular complexity index is 1600. The lowest BCUT2D eigenvalue weighted by Gasteiger charge is -2.24. The van der Waals surface area contributed by atoms with Gasteiger partial charge in [0.2, 0.25) is 10.9 Å². The van der Waals surface area contributed by atoms with Gasteiger partial charge in [-0.25, -0.2) is 0 Å². The van der Waals surface area contributed by atoms with Gasteiger partial charge in [-0.1, -0.05) is 46.8 Å². The van der Waals surface area contributed by atoms with E-state index < -0.39 is 17.7 Å². The highest BCUT2D eigenvalue weighted by molar-refractivity contribution is 8.00. The Morgan fingerprint density at radius 1 is 1.00 bits per heavy atom. The summed E-state index contributed by atoms with van der Waals surface area (Å²) < 4.78 is 17.1. The Morgan fingerprint density at radius 2 is 1.66 bits per heavy atom. The number of aliphatic hydroxyl groups excluding tert-OH is 1. The number of hydrogen-bond donors (Lipinski definition) is 1. The lowest BCUT2D eigenvalue weighted by molar-refractivity contribution is -0.132. The van der Waals surface area contributed by atoms with Crippen molar-refractivity contribution in [1.82, 2.24) is 15.2 Å². The second kappa shape index (κ2) is 12.2. The predicted octanol–water partition coefficient (Wildman–Crippen LogP) is 5.53. The third-order valence-corrected chi connectivity index (χ3v) is 8.66. The second-order valence-corrected chi connectivity index (χ2v) is 11.2. The summed E-state index contributed by atoms with van der Waals surface area (Å²) in [5, 5.41) is 20.6. The molecule has 1 N–H and O–H groups in total. The first-order chi connectivity index (χ1) is 19.9. The third-order valence-electron chi connectivity index (χ3n) is 6.28. The summed E-state index contributed by atoms with van der Waals surface area (Å²) >= 11 is 8.58. The first-order valence-corrected chi connectivity index (χ1v) is 14.3. The fourth-order valence-electron chi connectivity index (χ4n) is 4.35. The van der Waals surface area contributed by atoms with Crippen molar-refractivity contribution in [2.45, 2.75) is 16.1 Å². The molecule has 0 saturated carbocycles. The topological polar surface area (TPSA) is 124 Å². The van der Waals surface area contributed by atoms with E-state index in [2.05, 4.69) is 15.2 Å². The number of hydrogen-bond acceptors (Lipinski definition) is 11. The minimum atomic E-state index is -1.07. The summed E-state index contributed by atoms with van der Waals surface area (Å²) in [4.78, 5) is 32.2. The molecule has 1 aliphatic heterocycles. The Hall–Kier alpha value is -4.13. The Labute approximate surface area is 248 Å². The molecule has 10 nitrogen and oxygen atoms in total. The molecule has 0 aliphatic carbocycles. The van der Waals surface area contributed by atoms with Gasteiger partial charge in [-0.2, -0.15) is 0 Å². The standard InChI is InChI=1S/C28H23ClN4O6S2/c1-37-19-12-17(13-20(38-2)25(19)39-3)22-21(23(34)16-8-10-30-11-9-16)24(35)26(36)33(22)27-31-32-28(41-27)40-14-15-4-6-18(29)7-5-15/h4-13,22,34H,14H2,1-3H3/b23-21+. The van der Waals surface area contributed by atoms with E-state index in [1.54, 1.807) is 24.3 Å². The van der Waals surface area contributed by atoms with Crippen LogP contribution in [-0.2, 0) is 15.3 Å². The molecule has 2 aromatic heterocycles. The molecule has 1 fully saturated rings. The van der Waals surface area contributed by atoms with Gasteiger partial charge in [-0.05, 0) is 47.5 Å². The number of aliphatic hydroxyl groups is 1. The van der Waals surface area contributed by atoms with Crippen LogP contribution in [0, 0.1) is 0 Å². The number of halogens is 1. The van der Waals surface area contributed by atoms with Crippen LogP contribution in [0.3, 0.4) is 0 Å². The first kappa shape index (κ1) is 28.4. The van der Waals surface area contributed by atoms with Crippen LogP contribution >= 0.6 is 34.7 Å². The van der Waals surface area contributed by atoms with Crippen LogP contribution in [0.25, 0.3) is 5.76 Å². The predicted molar refractivity (Wildman–Crippen MR) is 156 cm³/mol. The highest BCUT2D eigenvalue weighted by atomic mass is 35.5. The molecule has 1 aliphatic rings. The van der Waals surface area contributed by atoms with E-state index in [9.17, 15) is 14.7 Å². The Morgan fingerprint density at radius 3 is 2.27 bits per heavy atom. The van der Waals surface area contributed by atoms with Crippen molar-refractivity contribution in [3.8, 4) is 17.2 Å². The number of pyridine rings is 1. The molecule has 0 radical (unpaired) electrons. The summed E-state index contributed by atoms with van der Waals surface area (Å²) in [6.07, 6.45) is 2.96. The third kappa shape index (κ3) is 5.58. The van der Waals surface area contributed by atoms with Gasteiger partial charge >= 0.3 is 5.91 Å². The van der Waals surface area contributed by atoms with Crippen molar-refractivity contribution in [1.29, 1.82) is 0 Å². The molecule has 1 atom stereocenters. The smallest absolute Gasteiger partial charge is 0.301 e. The van der Waals surface area contributed by atoms with E-state index in [4.69, 9.17) is 25.8 Å². The molecule has 1 amide bonds. The highest BCUT2D eigenvalue weighted by Gasteiger charge is 2.49. The molecule has 41 heavy (non-hydrogen) atoms. The van der Waals surface area contributed by atoms with Gasteiger partial charge in [0.15, 0.2) is 15.8 Å². The average Bonchev–Trinajstić information content (AvgIpc) is 3.57. The zero-order valence-corrected chi connectivity index (χ0v) is 24.4. The summed E-state index contributed by atoms with van der Waals surface area (Å²) in [6.45, 7) is 0. The summed E-state index contributed by atoms with van der Waals surface area (Å²) in [5.74, 6) is -0.521. The molecular weight excluding hydrogens is 588 g/mol. The molecule has 4 aromatic rings. The fourth-order valence-corrected chi connectivity index (χ4v) is 6.30. The summed E-state index contributed by atoms with van der Waals surface area (Å²) in [5.41, 5.74) is 1.67. The number of ketones is 1. The van der Waals surface area contributed by atoms with Gasteiger partial charge in [0.1, 0.15) is 5.76 Å². The van der Waals surface area contributed by atoms with Crippen molar-refractivity contribution >= 4 is 57.3 Å². The van der Waals surface area contributed by atoms with Crippen LogP contribution in [0.4, 0.5) is 5.13 Å². The van der Waals surface area contributed by atoms with Crippen LogP contribution in [0.1, 0.15) is 22.7 Å². The van der Waals surface area contributed by atoms with Gasteiger partial charge in [-0.15, -0.1) is 10.2 Å². The molecule has 0 spiro atoms. The molecule has 0 bridgehead atoms. The maximum atomic E-state index is 13.5. The molecular formula is C28H23ClN4O6S2. The molecule has 1 unspecified atom stereocenters. The van der Waals surface area contributed by atoms with Gasteiger partial charge in [0, 0.05) is 28.7 Å². The normalized spacial score (nSPS) is 16.2. The van der Waals surface area contributed by atoms with Crippen molar-refractivity contribution in [3.63, 3.8) is 0 Å². The number of carbonyl (C=O) groups is 2. The van der Waals surface area contributed by atoms with Crippen LogP contribution in [0.15, 0.2) is 70.8 Å². The SMILES string of the molecule is COc1cc(C2/C(=C(\O)c3ccncc3)C(=O)C(=O)N2c2nnc(SCc3ccc(Cl)cc3)s2)cc(OC)c1OC. The number of ether oxygens (including phenoxy) is 3. The Kier molecular flexibility index (Phi) is 8.43. The van der Waals surface area contributed by atoms with Gasteiger partial charge in [-0.3, -0.25) is 19.5 Å². The number of Topliss-reactive ketones (excluding diaryl/α,β-unsaturated/α-hetero) is 1. The fraction of sp³-hybridized carbons (Fsp3) is 0.179. The number of anilines is 1. The number of methoxy groups -OCH3 is 3. The molecule has 1 saturated heterocycles. The first-order valence-electron chi connectivity index (χ1n) is 12.1. The van der Waals surface area contributed by atoms with E-state index >= 15 is 0 Å². The molecule has 5 rings (SSSR count). The number of benzene rings is 2. The number of amides is 1. The monoisotopic (exact) mass is 610 g/mol. The number of carbonyl (C=O) groups excluding carboxylic acids is 2. The Balaban J connectivity index is 1.61. The van der Waals surface area contributed by atoms with Crippen molar-refractivity contribution in [2.24, 2.45) is 0 Å². The van der Waals surface area contributed by atoms with E-state index in [1.165, 1.54) is 50.4 Å². The zero-order valence-electron chi connectivity index (χ0n) is 22.0. The van der Waals surface area contributed by atoms with Gasteiger partial charge < -0.3 is 19.3 Å². The summed E-state index contributed by atoms with van der Waals surface area (Å²) in [6, 6.07) is 12.7. The molecule has 210 valence electrons. The maximum absolute atomic E-state index is 13.5. The number of aromatic nitrogens is 3. The minimum absolute atomic E-state index is 0.124. The quantitative estimate of drug-likeness (QED) is 0.0850. The highest BCUT2D eigenvalue weighted by Crippen LogP contribution is 2.48. The second-order valence-electron chi connectivity index (χ2n) is 8.63. The maximum Gasteiger partial charge on any atom is 0.301 e. The van der Waals surface area contributed by atoms with E-state index in [1.807, 2.05) is 24.3 Å². The lowest BCUT2D eigenvalue weighted by Crippen LogP contribution is -2.29. The average molecular weight is 611 g/mol. The van der Waals surface area contributed by atoms with Crippen molar-refractivity contribution < 1.29 is 28.9 Å². The molecule has 13 heteroatoms. The molecule has 2 aromatic carbocycles. The van der Waals surface area contributed by atoms with Gasteiger partial charge in [0.25, 0.3) is 5.78 Å².